The number of nitrogen functional groups attached to an aromatic ring is 1. The molecular weight excluding hydrogens is 285 g/mol. The summed E-state index contributed by atoms with van der Waals surface area (Å²) >= 11 is 1.74. The van der Waals surface area contributed by atoms with Crippen molar-refractivity contribution in [2.45, 2.75) is 37.6 Å². The molecule has 0 aliphatic carbocycles. The number of rotatable bonds is 6. The third kappa shape index (κ3) is 3.98. The molecule has 6 heteroatoms. The highest BCUT2D eigenvalue weighted by atomic mass is 32.2. The van der Waals surface area contributed by atoms with Crippen LogP contribution in [0.1, 0.15) is 32.3 Å². The maximum absolute atomic E-state index is 12.8. The van der Waals surface area contributed by atoms with Gasteiger partial charge < -0.3 is 11.1 Å². The Hall–Kier alpha value is -1.04. The van der Waals surface area contributed by atoms with Gasteiger partial charge in [0.2, 0.25) is 0 Å². The predicted octanol–water partition coefficient (Wildman–Crippen LogP) is 4.62. The maximum Gasteiger partial charge on any atom is 0.418 e. The molecule has 0 saturated carbocycles. The van der Waals surface area contributed by atoms with Gasteiger partial charge in [-0.1, -0.05) is 13.8 Å². The lowest BCUT2D eigenvalue weighted by Gasteiger charge is -2.30. The molecule has 0 bridgehead atoms. The Kier molecular flexibility index (Phi) is 5.62. The first-order chi connectivity index (χ1) is 9.28. The van der Waals surface area contributed by atoms with Gasteiger partial charge in [-0.25, -0.2) is 0 Å². The van der Waals surface area contributed by atoms with Crippen LogP contribution in [0.25, 0.3) is 0 Å². The molecular formula is C14H21F3N2S. The highest BCUT2D eigenvalue weighted by molar-refractivity contribution is 8.00. The van der Waals surface area contributed by atoms with Gasteiger partial charge in [-0.05, 0) is 37.3 Å². The van der Waals surface area contributed by atoms with Crippen LogP contribution in [0.3, 0.4) is 0 Å². The van der Waals surface area contributed by atoms with E-state index < -0.39 is 11.7 Å². The highest BCUT2D eigenvalue weighted by Gasteiger charge is 2.33. The molecule has 0 aliphatic rings. The van der Waals surface area contributed by atoms with Crippen molar-refractivity contribution in [2.75, 3.05) is 23.9 Å². The van der Waals surface area contributed by atoms with E-state index in [4.69, 9.17) is 5.73 Å². The van der Waals surface area contributed by atoms with Crippen LogP contribution in [0.5, 0.6) is 0 Å². The minimum atomic E-state index is -4.42. The van der Waals surface area contributed by atoms with Gasteiger partial charge in [0.1, 0.15) is 0 Å². The number of hydrogen-bond donors (Lipinski definition) is 2. The average molecular weight is 306 g/mol. The molecule has 114 valence electrons. The van der Waals surface area contributed by atoms with Gasteiger partial charge in [0.05, 0.1) is 5.56 Å². The third-order valence-electron chi connectivity index (χ3n) is 3.70. The number of anilines is 2. The van der Waals surface area contributed by atoms with Crippen LogP contribution in [0.4, 0.5) is 24.5 Å². The van der Waals surface area contributed by atoms with Gasteiger partial charge in [0.25, 0.3) is 0 Å². The highest BCUT2D eigenvalue weighted by Crippen LogP contribution is 2.36. The van der Waals surface area contributed by atoms with Gasteiger partial charge in [-0.3, -0.25) is 0 Å². The molecule has 0 unspecified atom stereocenters. The zero-order valence-corrected chi connectivity index (χ0v) is 12.8. The van der Waals surface area contributed by atoms with E-state index in [9.17, 15) is 13.2 Å². The molecule has 20 heavy (non-hydrogen) atoms. The van der Waals surface area contributed by atoms with Crippen LogP contribution in [0.2, 0.25) is 0 Å². The zero-order valence-electron chi connectivity index (χ0n) is 12.0. The van der Waals surface area contributed by atoms with Crippen molar-refractivity contribution in [1.82, 2.24) is 0 Å². The Balaban J connectivity index is 2.89. The lowest BCUT2D eigenvalue weighted by atomic mass is 10.0. The second-order valence-corrected chi connectivity index (χ2v) is 6.02. The molecule has 1 aromatic carbocycles. The molecule has 3 N–H and O–H groups in total. The summed E-state index contributed by atoms with van der Waals surface area (Å²) in [5, 5.41) is 3.10. The van der Waals surface area contributed by atoms with Crippen molar-refractivity contribution in [3.8, 4) is 0 Å². The van der Waals surface area contributed by atoms with E-state index in [1.807, 2.05) is 6.26 Å². The topological polar surface area (TPSA) is 38.0 Å². The quantitative estimate of drug-likeness (QED) is 0.753. The van der Waals surface area contributed by atoms with Crippen molar-refractivity contribution in [3.63, 3.8) is 0 Å². The fourth-order valence-electron chi connectivity index (χ4n) is 2.04. The Morgan fingerprint density at radius 1 is 1.20 bits per heavy atom. The Morgan fingerprint density at radius 2 is 1.80 bits per heavy atom. The summed E-state index contributed by atoms with van der Waals surface area (Å²) in [6.45, 7) is 4.81. The molecule has 0 aliphatic heterocycles. The van der Waals surface area contributed by atoms with Crippen molar-refractivity contribution < 1.29 is 13.2 Å². The van der Waals surface area contributed by atoms with E-state index in [2.05, 4.69) is 19.2 Å². The molecule has 0 saturated heterocycles. The standard InChI is InChI=1S/C14H21F3N2S/c1-4-13(5-2,20-3)9-19-10-6-7-12(18)11(8-10)14(15,16)17/h6-8,19H,4-5,9,18H2,1-3H3. The smallest absolute Gasteiger partial charge is 0.398 e. The summed E-state index contributed by atoms with van der Waals surface area (Å²) < 4.78 is 38.4. The zero-order chi connectivity index (χ0) is 15.4. The first-order valence-electron chi connectivity index (χ1n) is 6.53. The molecule has 0 heterocycles. The third-order valence-corrected chi connectivity index (χ3v) is 5.28. The SMILES string of the molecule is CCC(CC)(CNc1ccc(N)c(C(F)(F)F)c1)SC. The van der Waals surface area contributed by atoms with E-state index >= 15 is 0 Å². The van der Waals surface area contributed by atoms with Crippen LogP contribution >= 0.6 is 11.8 Å². The summed E-state index contributed by atoms with van der Waals surface area (Å²) in [5.74, 6) is 0. The van der Waals surface area contributed by atoms with Crippen LogP contribution in [-0.2, 0) is 6.18 Å². The van der Waals surface area contributed by atoms with Gasteiger partial charge >= 0.3 is 6.18 Å². The first-order valence-corrected chi connectivity index (χ1v) is 7.76. The number of thioether (sulfide) groups is 1. The minimum Gasteiger partial charge on any atom is -0.398 e. The summed E-state index contributed by atoms with van der Waals surface area (Å²) in [4.78, 5) is 0. The molecule has 2 nitrogen and oxygen atoms in total. The fourth-order valence-corrected chi connectivity index (χ4v) is 2.83. The largest absolute Gasteiger partial charge is 0.418 e. The summed E-state index contributed by atoms with van der Waals surface area (Å²) in [6.07, 6.45) is -0.482. The van der Waals surface area contributed by atoms with E-state index in [0.29, 0.717) is 12.2 Å². The first kappa shape index (κ1) is 17.0. The van der Waals surface area contributed by atoms with Crippen LogP contribution in [-0.4, -0.2) is 17.5 Å². The second kappa shape index (κ2) is 6.61. The number of nitrogens with one attached hydrogen (secondary N) is 1. The maximum atomic E-state index is 12.8. The fraction of sp³-hybridized carbons (Fsp3) is 0.571. The molecule has 0 spiro atoms. The predicted molar refractivity (Wildman–Crippen MR) is 81.2 cm³/mol. The lowest BCUT2D eigenvalue weighted by Crippen LogP contribution is -2.32. The molecule has 0 atom stereocenters. The lowest BCUT2D eigenvalue weighted by molar-refractivity contribution is -0.136. The van der Waals surface area contributed by atoms with Gasteiger partial charge in [-0.15, -0.1) is 0 Å². The van der Waals surface area contributed by atoms with E-state index in [1.54, 1.807) is 17.8 Å². The average Bonchev–Trinajstić information content (AvgIpc) is 2.41. The summed E-state index contributed by atoms with van der Waals surface area (Å²) in [5.41, 5.74) is 4.80. The minimum absolute atomic E-state index is 0.0415. The van der Waals surface area contributed by atoms with Crippen molar-refractivity contribution in [3.05, 3.63) is 23.8 Å². The summed E-state index contributed by atoms with van der Waals surface area (Å²) in [7, 11) is 0. The molecule has 1 rings (SSSR count). The molecule has 0 aromatic heterocycles. The van der Waals surface area contributed by atoms with Crippen LogP contribution in [0, 0.1) is 0 Å². The van der Waals surface area contributed by atoms with E-state index in [-0.39, 0.29) is 10.4 Å². The number of benzene rings is 1. The molecule has 1 aromatic rings. The van der Waals surface area contributed by atoms with Gasteiger partial charge in [0.15, 0.2) is 0 Å². The van der Waals surface area contributed by atoms with E-state index in [1.165, 1.54) is 6.07 Å². The van der Waals surface area contributed by atoms with Gasteiger partial charge in [0, 0.05) is 22.7 Å². The normalized spacial score (nSPS) is 12.5. The van der Waals surface area contributed by atoms with E-state index in [0.717, 1.165) is 18.9 Å². The Bertz CT molecular complexity index is 434. The van der Waals surface area contributed by atoms with Gasteiger partial charge in [-0.2, -0.15) is 24.9 Å². The number of halogens is 3. The Labute approximate surface area is 122 Å². The monoisotopic (exact) mass is 306 g/mol. The van der Waals surface area contributed by atoms with Crippen LogP contribution < -0.4 is 11.1 Å². The van der Waals surface area contributed by atoms with Crippen molar-refractivity contribution in [2.24, 2.45) is 0 Å². The van der Waals surface area contributed by atoms with Crippen molar-refractivity contribution in [1.29, 1.82) is 0 Å². The molecule has 0 fully saturated rings. The molecule has 0 amide bonds. The van der Waals surface area contributed by atoms with Crippen molar-refractivity contribution >= 4 is 23.1 Å². The number of alkyl halides is 3. The molecule has 0 radical (unpaired) electrons. The summed E-state index contributed by atoms with van der Waals surface area (Å²) in [6, 6.07) is 3.95. The van der Waals surface area contributed by atoms with Crippen LogP contribution in [0.15, 0.2) is 18.2 Å². The number of nitrogens with two attached hydrogens (primary N) is 1. The second-order valence-electron chi connectivity index (χ2n) is 4.75. The number of hydrogen-bond acceptors (Lipinski definition) is 3. The Morgan fingerprint density at radius 3 is 2.25 bits per heavy atom.